The number of nitrogens with one attached hydrogen (secondary N) is 1. The molecule has 0 saturated carbocycles. The molecule has 1 unspecified atom stereocenters. The summed E-state index contributed by atoms with van der Waals surface area (Å²) in [5.41, 5.74) is 0.412. The van der Waals surface area contributed by atoms with Crippen LogP contribution in [-0.2, 0) is 11.0 Å². The van der Waals surface area contributed by atoms with Crippen LogP contribution >= 0.6 is 11.6 Å². The fourth-order valence-electron chi connectivity index (χ4n) is 3.77. The number of rotatable bonds is 5. The quantitative estimate of drug-likeness (QED) is 0.656. The van der Waals surface area contributed by atoms with Gasteiger partial charge < -0.3 is 10.2 Å². The van der Waals surface area contributed by atoms with Crippen LogP contribution in [0.15, 0.2) is 42.6 Å². The van der Waals surface area contributed by atoms with Gasteiger partial charge in [0.25, 0.3) is 0 Å². The lowest BCUT2D eigenvalue weighted by atomic mass is 9.77. The Balaban J connectivity index is 1.55. The zero-order valence-electron chi connectivity index (χ0n) is 17.0. The minimum atomic E-state index is -4.46. The van der Waals surface area contributed by atoms with Crippen molar-refractivity contribution < 1.29 is 18.0 Å². The van der Waals surface area contributed by atoms with E-state index in [1.165, 1.54) is 6.20 Å². The molecule has 1 amide bonds. The van der Waals surface area contributed by atoms with Crippen LogP contribution in [0.25, 0.3) is 0 Å². The number of alkyl halides is 3. The molecule has 0 spiro atoms. The zero-order valence-corrected chi connectivity index (χ0v) is 17.7. The van der Waals surface area contributed by atoms with Crippen LogP contribution < -0.4 is 10.2 Å². The first-order valence-corrected chi connectivity index (χ1v) is 10.3. The topological polar surface area (TPSA) is 45.2 Å². The van der Waals surface area contributed by atoms with Crippen molar-refractivity contribution in [1.82, 2.24) is 10.3 Å². The number of anilines is 1. The minimum absolute atomic E-state index is 0.0309. The van der Waals surface area contributed by atoms with E-state index in [4.69, 9.17) is 11.6 Å². The van der Waals surface area contributed by atoms with Crippen molar-refractivity contribution in [3.05, 3.63) is 58.9 Å². The number of hydrogen-bond donors (Lipinski definition) is 1. The Hall–Kier alpha value is -2.28. The molecule has 3 rings (SSSR count). The van der Waals surface area contributed by atoms with E-state index < -0.39 is 11.9 Å². The largest absolute Gasteiger partial charge is 0.433 e. The van der Waals surface area contributed by atoms with Crippen LogP contribution in [0.3, 0.4) is 0 Å². The van der Waals surface area contributed by atoms with Crippen molar-refractivity contribution in [2.45, 2.75) is 45.3 Å². The van der Waals surface area contributed by atoms with Crippen LogP contribution in [0.5, 0.6) is 0 Å². The molecule has 1 aliphatic heterocycles. The SMILES string of the molecule is CC(NC(=O)CC1(C)CCN(c2ccnc(C(F)(F)F)c2)CC1)c1ccc(Cl)cc1. The molecule has 4 nitrogen and oxygen atoms in total. The molecular weight excluding hydrogens is 415 g/mol. The molecule has 1 aromatic heterocycles. The van der Waals surface area contributed by atoms with Gasteiger partial charge in [-0.05, 0) is 55.0 Å². The van der Waals surface area contributed by atoms with Crippen molar-refractivity contribution in [2.75, 3.05) is 18.0 Å². The monoisotopic (exact) mass is 439 g/mol. The fourth-order valence-corrected chi connectivity index (χ4v) is 3.89. The van der Waals surface area contributed by atoms with Gasteiger partial charge in [-0.15, -0.1) is 0 Å². The van der Waals surface area contributed by atoms with E-state index in [0.29, 0.717) is 30.2 Å². The first kappa shape index (κ1) is 22.4. The van der Waals surface area contributed by atoms with Gasteiger partial charge in [-0.3, -0.25) is 9.78 Å². The standard InChI is InChI=1S/C22H25ClF3N3O/c1-15(16-3-5-17(23)6-4-16)28-20(30)14-21(2)8-11-29(12-9-21)18-7-10-27-19(13-18)22(24,25)26/h3-7,10,13,15H,8-9,11-12,14H2,1-2H3,(H,28,30). The molecule has 1 aromatic carbocycles. The normalized spacial score (nSPS) is 17.5. The maximum absolute atomic E-state index is 12.9. The van der Waals surface area contributed by atoms with Crippen LogP contribution in [0, 0.1) is 5.41 Å². The van der Waals surface area contributed by atoms with Crippen molar-refractivity contribution in [1.29, 1.82) is 0 Å². The molecule has 162 valence electrons. The van der Waals surface area contributed by atoms with Gasteiger partial charge in [0, 0.05) is 36.4 Å². The van der Waals surface area contributed by atoms with E-state index in [2.05, 4.69) is 17.2 Å². The van der Waals surface area contributed by atoms with E-state index in [9.17, 15) is 18.0 Å². The average molecular weight is 440 g/mol. The lowest BCUT2D eigenvalue weighted by Gasteiger charge is -2.40. The lowest BCUT2D eigenvalue weighted by Crippen LogP contribution is -2.41. The molecule has 0 aliphatic carbocycles. The number of pyridine rings is 1. The third kappa shape index (κ3) is 5.65. The number of amides is 1. The highest BCUT2D eigenvalue weighted by molar-refractivity contribution is 6.30. The highest BCUT2D eigenvalue weighted by Gasteiger charge is 2.35. The van der Waals surface area contributed by atoms with Gasteiger partial charge in [-0.1, -0.05) is 30.7 Å². The second-order valence-electron chi connectivity index (χ2n) is 8.21. The van der Waals surface area contributed by atoms with Gasteiger partial charge in [0.15, 0.2) is 0 Å². The molecule has 1 atom stereocenters. The molecule has 30 heavy (non-hydrogen) atoms. The number of halogens is 4. The number of nitrogens with zero attached hydrogens (tertiary/aromatic N) is 2. The molecule has 2 aromatic rings. The smallest absolute Gasteiger partial charge is 0.371 e. The van der Waals surface area contributed by atoms with E-state index in [-0.39, 0.29) is 17.4 Å². The van der Waals surface area contributed by atoms with Crippen molar-refractivity contribution >= 4 is 23.2 Å². The molecule has 2 heterocycles. The molecule has 0 radical (unpaired) electrons. The number of carbonyl (C=O) groups excluding carboxylic acids is 1. The average Bonchev–Trinajstić information content (AvgIpc) is 2.68. The predicted octanol–water partition coefficient (Wildman–Crippen LogP) is 5.63. The van der Waals surface area contributed by atoms with E-state index in [0.717, 1.165) is 24.5 Å². The summed E-state index contributed by atoms with van der Waals surface area (Å²) >= 11 is 5.91. The second kappa shape index (κ2) is 8.84. The molecule has 1 saturated heterocycles. The Labute approximate surface area is 179 Å². The summed E-state index contributed by atoms with van der Waals surface area (Å²) < 4.78 is 38.7. The Morgan fingerprint density at radius 1 is 1.23 bits per heavy atom. The maximum atomic E-state index is 12.9. The number of benzene rings is 1. The van der Waals surface area contributed by atoms with Crippen molar-refractivity contribution in [3.63, 3.8) is 0 Å². The first-order valence-electron chi connectivity index (χ1n) is 9.89. The number of carbonyl (C=O) groups is 1. The van der Waals surface area contributed by atoms with Gasteiger partial charge in [0.1, 0.15) is 5.69 Å². The second-order valence-corrected chi connectivity index (χ2v) is 8.65. The molecule has 8 heteroatoms. The minimum Gasteiger partial charge on any atom is -0.371 e. The maximum Gasteiger partial charge on any atom is 0.433 e. The van der Waals surface area contributed by atoms with Crippen LogP contribution in [0.1, 0.15) is 50.4 Å². The van der Waals surface area contributed by atoms with Crippen LogP contribution in [0.4, 0.5) is 18.9 Å². The molecule has 0 bridgehead atoms. The van der Waals surface area contributed by atoms with Gasteiger partial charge in [0.05, 0.1) is 6.04 Å². The fraction of sp³-hybridized carbons (Fsp3) is 0.455. The van der Waals surface area contributed by atoms with Crippen molar-refractivity contribution in [2.24, 2.45) is 5.41 Å². The lowest BCUT2D eigenvalue weighted by molar-refractivity contribution is -0.141. The van der Waals surface area contributed by atoms with E-state index in [1.807, 2.05) is 24.0 Å². The molecular formula is C22H25ClF3N3O. The Bertz CT molecular complexity index is 878. The van der Waals surface area contributed by atoms with Crippen LogP contribution in [-0.4, -0.2) is 24.0 Å². The molecule has 1 aliphatic rings. The Morgan fingerprint density at radius 2 is 1.87 bits per heavy atom. The van der Waals surface area contributed by atoms with Gasteiger partial charge in [-0.25, -0.2) is 0 Å². The highest BCUT2D eigenvalue weighted by Crippen LogP contribution is 2.37. The highest BCUT2D eigenvalue weighted by atomic mass is 35.5. The van der Waals surface area contributed by atoms with Gasteiger partial charge >= 0.3 is 6.18 Å². The first-order chi connectivity index (χ1) is 14.1. The molecule has 1 fully saturated rings. The summed E-state index contributed by atoms with van der Waals surface area (Å²) in [5, 5.41) is 3.67. The summed E-state index contributed by atoms with van der Waals surface area (Å²) in [7, 11) is 0. The predicted molar refractivity (Wildman–Crippen MR) is 111 cm³/mol. The summed E-state index contributed by atoms with van der Waals surface area (Å²) in [4.78, 5) is 17.9. The zero-order chi connectivity index (χ0) is 21.9. The third-order valence-corrected chi connectivity index (χ3v) is 5.96. The van der Waals surface area contributed by atoms with Crippen LogP contribution in [0.2, 0.25) is 5.02 Å². The van der Waals surface area contributed by atoms with E-state index in [1.54, 1.807) is 18.2 Å². The summed E-state index contributed by atoms with van der Waals surface area (Å²) in [6.45, 7) is 5.17. The summed E-state index contributed by atoms with van der Waals surface area (Å²) in [6, 6.07) is 9.91. The van der Waals surface area contributed by atoms with E-state index >= 15 is 0 Å². The Morgan fingerprint density at radius 3 is 2.47 bits per heavy atom. The third-order valence-electron chi connectivity index (χ3n) is 5.70. The van der Waals surface area contributed by atoms with Gasteiger partial charge in [-0.2, -0.15) is 13.2 Å². The number of aromatic nitrogens is 1. The summed E-state index contributed by atoms with van der Waals surface area (Å²) in [5.74, 6) is -0.0309. The number of piperidine rings is 1. The molecule has 1 N–H and O–H groups in total. The van der Waals surface area contributed by atoms with Gasteiger partial charge in [0.2, 0.25) is 5.91 Å². The number of hydrogen-bond acceptors (Lipinski definition) is 3. The summed E-state index contributed by atoms with van der Waals surface area (Å²) in [6.07, 6.45) is -1.45. The van der Waals surface area contributed by atoms with Crippen molar-refractivity contribution in [3.8, 4) is 0 Å². The Kier molecular flexibility index (Phi) is 6.60.